The number of hydrogen-bond donors (Lipinski definition) is 0. The van der Waals surface area contributed by atoms with Crippen LogP contribution in [0.25, 0.3) is 0 Å². The number of nitrogens with zero attached hydrogens (tertiary/aromatic N) is 3. The lowest BCUT2D eigenvalue weighted by atomic mass is 10.3. The number of nitro benzene ring substituents is 1. The monoisotopic (exact) mass is 315 g/mol. The first kappa shape index (κ1) is 14.6. The Morgan fingerprint density at radius 3 is 2.85 bits per heavy atom. The largest absolute Gasteiger partial charge is 0.430 e. The van der Waals surface area contributed by atoms with Crippen molar-refractivity contribution >= 4 is 28.8 Å². The SMILES string of the molecule is CO[C@@H](C)c1nsc(Oc2ccc([N+](=O)[O-])c(Cl)c2)n1. The zero-order chi connectivity index (χ0) is 14.7. The molecule has 9 heteroatoms. The maximum atomic E-state index is 10.6. The topological polar surface area (TPSA) is 87.4 Å². The van der Waals surface area contributed by atoms with Crippen LogP contribution in [-0.2, 0) is 4.74 Å². The summed E-state index contributed by atoms with van der Waals surface area (Å²) >= 11 is 6.86. The summed E-state index contributed by atoms with van der Waals surface area (Å²) in [5.41, 5.74) is -0.176. The Labute approximate surface area is 123 Å². The van der Waals surface area contributed by atoms with Crippen LogP contribution in [0.1, 0.15) is 18.9 Å². The van der Waals surface area contributed by atoms with Crippen LogP contribution in [0.5, 0.6) is 10.9 Å². The summed E-state index contributed by atoms with van der Waals surface area (Å²) in [6, 6.07) is 4.09. The van der Waals surface area contributed by atoms with E-state index in [1.54, 1.807) is 7.11 Å². The van der Waals surface area contributed by atoms with Crippen molar-refractivity contribution in [3.8, 4) is 10.9 Å². The van der Waals surface area contributed by atoms with Crippen molar-refractivity contribution in [2.75, 3.05) is 7.11 Å². The van der Waals surface area contributed by atoms with Crippen LogP contribution in [-0.4, -0.2) is 21.4 Å². The highest BCUT2D eigenvalue weighted by Gasteiger charge is 2.15. The Bertz CT molecular complexity index is 634. The molecule has 2 rings (SSSR count). The number of ether oxygens (including phenoxy) is 2. The van der Waals surface area contributed by atoms with Crippen molar-refractivity contribution in [1.29, 1.82) is 0 Å². The normalized spacial score (nSPS) is 12.2. The molecule has 0 N–H and O–H groups in total. The maximum Gasteiger partial charge on any atom is 0.298 e. The van der Waals surface area contributed by atoms with Gasteiger partial charge in [0.15, 0.2) is 5.82 Å². The van der Waals surface area contributed by atoms with Crippen LogP contribution in [0.15, 0.2) is 18.2 Å². The molecule has 2 aromatic rings. The number of halogens is 1. The smallest absolute Gasteiger partial charge is 0.298 e. The van der Waals surface area contributed by atoms with E-state index in [2.05, 4.69) is 9.36 Å². The van der Waals surface area contributed by atoms with E-state index < -0.39 is 4.92 Å². The molecule has 1 heterocycles. The molecule has 0 bridgehead atoms. The Morgan fingerprint density at radius 1 is 1.50 bits per heavy atom. The number of aromatic nitrogens is 2. The molecule has 0 radical (unpaired) electrons. The number of nitro groups is 1. The van der Waals surface area contributed by atoms with Gasteiger partial charge in [0.1, 0.15) is 16.9 Å². The molecule has 0 fully saturated rings. The molecule has 0 unspecified atom stereocenters. The molecule has 0 spiro atoms. The molecule has 0 saturated carbocycles. The molecule has 0 amide bonds. The van der Waals surface area contributed by atoms with Crippen molar-refractivity contribution in [2.45, 2.75) is 13.0 Å². The van der Waals surface area contributed by atoms with Crippen LogP contribution in [0.2, 0.25) is 5.02 Å². The van der Waals surface area contributed by atoms with E-state index in [-0.39, 0.29) is 16.8 Å². The van der Waals surface area contributed by atoms with Gasteiger partial charge in [-0.15, -0.1) is 0 Å². The zero-order valence-corrected chi connectivity index (χ0v) is 12.1. The lowest BCUT2D eigenvalue weighted by Crippen LogP contribution is -1.97. The second-order valence-corrected chi connectivity index (χ2v) is 4.89. The number of hydrogen-bond acceptors (Lipinski definition) is 7. The molecule has 20 heavy (non-hydrogen) atoms. The molecule has 0 aliphatic rings. The highest BCUT2D eigenvalue weighted by molar-refractivity contribution is 7.07. The van der Waals surface area contributed by atoms with Gasteiger partial charge in [-0.25, -0.2) is 0 Å². The van der Waals surface area contributed by atoms with Gasteiger partial charge in [0.25, 0.3) is 10.9 Å². The Morgan fingerprint density at radius 2 is 2.25 bits per heavy atom. The molecule has 0 aliphatic heterocycles. The van der Waals surface area contributed by atoms with Gasteiger partial charge in [-0.2, -0.15) is 9.36 Å². The van der Waals surface area contributed by atoms with Crippen LogP contribution < -0.4 is 4.74 Å². The van der Waals surface area contributed by atoms with Crippen molar-refractivity contribution in [3.05, 3.63) is 39.2 Å². The fourth-order valence-corrected chi connectivity index (χ4v) is 2.20. The summed E-state index contributed by atoms with van der Waals surface area (Å²) in [7, 11) is 1.56. The Balaban J connectivity index is 2.16. The lowest BCUT2D eigenvalue weighted by Gasteiger charge is -2.03. The van der Waals surface area contributed by atoms with Crippen molar-refractivity contribution < 1.29 is 14.4 Å². The molecular formula is C11H10ClN3O4S. The van der Waals surface area contributed by atoms with Gasteiger partial charge in [0, 0.05) is 30.8 Å². The number of methoxy groups -OCH3 is 1. The minimum atomic E-state index is -0.560. The fourth-order valence-electron chi connectivity index (χ4n) is 1.33. The van der Waals surface area contributed by atoms with Crippen LogP contribution in [0, 0.1) is 10.1 Å². The molecule has 0 aliphatic carbocycles. The first-order chi connectivity index (χ1) is 9.51. The average molecular weight is 316 g/mol. The third kappa shape index (κ3) is 3.21. The van der Waals surface area contributed by atoms with Crippen LogP contribution in [0.3, 0.4) is 0 Å². The van der Waals surface area contributed by atoms with E-state index in [9.17, 15) is 10.1 Å². The van der Waals surface area contributed by atoms with Crippen molar-refractivity contribution in [2.24, 2.45) is 0 Å². The lowest BCUT2D eigenvalue weighted by molar-refractivity contribution is -0.384. The second-order valence-electron chi connectivity index (χ2n) is 3.77. The summed E-state index contributed by atoms with van der Waals surface area (Å²) in [6.07, 6.45) is -0.232. The molecule has 106 valence electrons. The Hall–Kier alpha value is -1.77. The van der Waals surface area contributed by atoms with Gasteiger partial charge in [-0.1, -0.05) is 11.6 Å². The van der Waals surface area contributed by atoms with Gasteiger partial charge < -0.3 is 9.47 Å². The van der Waals surface area contributed by atoms with Crippen molar-refractivity contribution in [1.82, 2.24) is 9.36 Å². The first-order valence-electron chi connectivity index (χ1n) is 5.49. The predicted molar refractivity (Wildman–Crippen MR) is 73.5 cm³/mol. The summed E-state index contributed by atoms with van der Waals surface area (Å²) in [5, 5.41) is 11.0. The second kappa shape index (κ2) is 6.12. The van der Waals surface area contributed by atoms with E-state index in [4.69, 9.17) is 21.1 Å². The summed E-state index contributed by atoms with van der Waals surface area (Å²) < 4.78 is 14.6. The highest BCUT2D eigenvalue weighted by Crippen LogP contribution is 2.32. The summed E-state index contributed by atoms with van der Waals surface area (Å²) in [4.78, 5) is 14.2. The molecule has 1 aromatic carbocycles. The predicted octanol–water partition coefficient (Wildman–Crippen LogP) is 3.60. The third-order valence-corrected chi connectivity index (χ3v) is 3.37. The van der Waals surface area contributed by atoms with Gasteiger partial charge in [-0.3, -0.25) is 10.1 Å². The fraction of sp³-hybridized carbons (Fsp3) is 0.273. The zero-order valence-electron chi connectivity index (χ0n) is 10.6. The molecule has 0 saturated heterocycles. The number of rotatable bonds is 5. The molecule has 7 nitrogen and oxygen atoms in total. The van der Waals surface area contributed by atoms with E-state index in [0.717, 1.165) is 11.5 Å². The van der Waals surface area contributed by atoms with E-state index in [1.807, 2.05) is 6.92 Å². The molecule has 1 atom stereocenters. The number of benzene rings is 1. The standard InChI is InChI=1S/C11H10ClN3O4S/c1-6(18-2)10-13-11(20-14-10)19-7-3-4-9(15(16)17)8(12)5-7/h3-6H,1-2H3/t6-/m0/s1. The van der Waals surface area contributed by atoms with Gasteiger partial charge >= 0.3 is 0 Å². The minimum Gasteiger partial charge on any atom is -0.430 e. The molecular weight excluding hydrogens is 306 g/mol. The van der Waals surface area contributed by atoms with Crippen LogP contribution >= 0.6 is 23.1 Å². The highest BCUT2D eigenvalue weighted by atomic mass is 35.5. The van der Waals surface area contributed by atoms with Gasteiger partial charge in [-0.05, 0) is 13.0 Å². The van der Waals surface area contributed by atoms with Crippen molar-refractivity contribution in [3.63, 3.8) is 0 Å². The van der Waals surface area contributed by atoms with Gasteiger partial charge in [0.05, 0.1) is 4.92 Å². The van der Waals surface area contributed by atoms with E-state index in [0.29, 0.717) is 16.8 Å². The average Bonchev–Trinajstić information content (AvgIpc) is 2.86. The summed E-state index contributed by atoms with van der Waals surface area (Å²) in [5.74, 6) is 0.869. The quantitative estimate of drug-likeness (QED) is 0.618. The van der Waals surface area contributed by atoms with Gasteiger partial charge in [0.2, 0.25) is 0 Å². The third-order valence-electron chi connectivity index (χ3n) is 2.46. The molecule has 1 aromatic heterocycles. The van der Waals surface area contributed by atoms with Crippen LogP contribution in [0.4, 0.5) is 5.69 Å². The summed E-state index contributed by atoms with van der Waals surface area (Å²) in [6.45, 7) is 1.81. The minimum absolute atomic E-state index is 0.00231. The first-order valence-corrected chi connectivity index (χ1v) is 6.64. The van der Waals surface area contributed by atoms with E-state index in [1.165, 1.54) is 18.2 Å². The Kier molecular flexibility index (Phi) is 4.48. The van der Waals surface area contributed by atoms with E-state index >= 15 is 0 Å². The maximum absolute atomic E-state index is 10.6.